The van der Waals surface area contributed by atoms with E-state index in [-0.39, 0.29) is 16.8 Å². The summed E-state index contributed by atoms with van der Waals surface area (Å²) in [6.45, 7) is 30.1. The fourth-order valence-corrected chi connectivity index (χ4v) is 18.1. The summed E-state index contributed by atoms with van der Waals surface area (Å²) in [6.07, 6.45) is 0.986. The molecule has 0 saturated heterocycles. The zero-order valence-electron chi connectivity index (χ0n) is 18.1. The summed E-state index contributed by atoms with van der Waals surface area (Å²) in [7, 11) is -4.42. The molecule has 0 aromatic carbocycles. The molecule has 0 aliphatic rings. The van der Waals surface area contributed by atoms with E-state index in [4.69, 9.17) is 15.0 Å². The minimum atomic E-state index is -1.11. The topological polar surface area (TPSA) is 52.0 Å². The minimum Gasteiger partial charge on any atom is -0.677 e. The van der Waals surface area contributed by atoms with Gasteiger partial charge in [-0.2, -0.15) is 6.54 Å². The summed E-state index contributed by atoms with van der Waals surface area (Å²) >= 11 is 0. The van der Waals surface area contributed by atoms with Gasteiger partial charge in [-0.05, 0) is 0 Å². The molecule has 0 bridgehead atoms. The normalized spacial score (nSPS) is 12.3. The van der Waals surface area contributed by atoms with Crippen LogP contribution in [0.5, 0.6) is 0 Å². The first-order valence-corrected chi connectivity index (χ1v) is 22.2. The summed E-state index contributed by atoms with van der Waals surface area (Å²) in [5.74, 6) is 0. The van der Waals surface area contributed by atoms with Crippen molar-refractivity contribution in [1.29, 1.82) is 0 Å². The van der Waals surface area contributed by atoms with Crippen LogP contribution < -0.4 is 0 Å². The summed E-state index contributed by atoms with van der Waals surface area (Å²) in [4.78, 5) is 0. The van der Waals surface area contributed by atoms with Crippen molar-refractivity contribution >= 4 is 32.9 Å². The van der Waals surface area contributed by atoms with E-state index in [0.717, 1.165) is 6.42 Å². The van der Waals surface area contributed by atoms with Gasteiger partial charge in [-0.25, -0.2) is 0 Å². The van der Waals surface area contributed by atoms with Crippen LogP contribution in [0.3, 0.4) is 0 Å². The molecule has 0 saturated carbocycles. The Labute approximate surface area is 162 Å². The molecule has 0 spiro atoms. The largest absolute Gasteiger partial charge is 3.00 e. The molecule has 3 nitrogen and oxygen atoms in total. The maximum atomic E-state index is 6.45. The van der Waals surface area contributed by atoms with Crippen molar-refractivity contribution in [2.24, 2.45) is 0 Å². The fraction of sp³-hybridized carbons (Fsp3) is 1.00. The Kier molecular flexibility index (Phi) is 18.7. The SMILES string of the molecule is CCC[NH-].C[Si](C)(C)[N-][Si](C)(C)C.C[Si](C)(C)[N-][Si](C)(C)C.[Co+3]. The van der Waals surface area contributed by atoms with Crippen molar-refractivity contribution in [2.45, 2.75) is 91.9 Å². The molecule has 0 fully saturated rings. The molecule has 0 aliphatic heterocycles. The molecule has 0 atom stereocenters. The van der Waals surface area contributed by atoms with E-state index in [2.05, 4.69) is 78.6 Å². The fourth-order valence-electron chi connectivity index (χ4n) is 2.01. The zero-order chi connectivity index (χ0) is 18.8. The van der Waals surface area contributed by atoms with Crippen molar-refractivity contribution in [3.63, 3.8) is 0 Å². The van der Waals surface area contributed by atoms with Gasteiger partial charge >= 0.3 is 16.8 Å². The molecular formula is C15H44CoN3Si4. The van der Waals surface area contributed by atoms with E-state index < -0.39 is 32.9 Å². The summed E-state index contributed by atoms with van der Waals surface area (Å²) in [6, 6.07) is 0. The number of rotatable bonds is 5. The van der Waals surface area contributed by atoms with Gasteiger partial charge in [-0.1, -0.05) is 125 Å². The molecule has 0 aliphatic carbocycles. The van der Waals surface area contributed by atoms with Crippen molar-refractivity contribution in [2.75, 3.05) is 6.54 Å². The number of nitrogens with zero attached hydrogens (tertiary/aromatic N) is 2. The van der Waals surface area contributed by atoms with Gasteiger partial charge in [-0.3, -0.25) is 0 Å². The second kappa shape index (κ2) is 13.5. The van der Waals surface area contributed by atoms with Crippen LogP contribution in [0.25, 0.3) is 15.0 Å². The third-order valence-electron chi connectivity index (χ3n) is 1.59. The van der Waals surface area contributed by atoms with Crippen LogP contribution in [0.1, 0.15) is 13.3 Å². The molecule has 0 aromatic heterocycles. The van der Waals surface area contributed by atoms with Crippen molar-refractivity contribution < 1.29 is 16.8 Å². The van der Waals surface area contributed by atoms with E-state index in [1.807, 2.05) is 6.92 Å². The first-order valence-electron chi connectivity index (χ1n) is 8.46. The third kappa shape index (κ3) is 51.7. The average molecular weight is 438 g/mol. The van der Waals surface area contributed by atoms with Crippen molar-refractivity contribution in [3.8, 4) is 0 Å². The van der Waals surface area contributed by atoms with Crippen molar-refractivity contribution in [3.05, 3.63) is 15.0 Å². The van der Waals surface area contributed by atoms with Gasteiger partial charge in [-0.15, -0.1) is 0 Å². The van der Waals surface area contributed by atoms with Crippen LogP contribution in [0.2, 0.25) is 78.6 Å². The van der Waals surface area contributed by atoms with Crippen LogP contribution in [-0.2, 0) is 16.8 Å². The monoisotopic (exact) mass is 437 g/mol. The zero-order valence-corrected chi connectivity index (χ0v) is 23.2. The molecule has 0 unspecified atom stereocenters. The quantitative estimate of drug-likeness (QED) is 0.400. The smallest absolute Gasteiger partial charge is 0.677 e. The molecule has 1 N–H and O–H groups in total. The van der Waals surface area contributed by atoms with Gasteiger partial charge in [0.1, 0.15) is 0 Å². The molecule has 23 heavy (non-hydrogen) atoms. The molecule has 0 aromatic rings. The Morgan fingerprint density at radius 3 is 0.696 bits per heavy atom. The summed E-state index contributed by atoms with van der Waals surface area (Å²) < 4.78 is 9.64. The summed E-state index contributed by atoms with van der Waals surface area (Å²) in [5.41, 5.74) is 6.45. The average Bonchev–Trinajstić information content (AvgIpc) is 2.06. The predicted octanol–water partition coefficient (Wildman–Crippen LogP) is 7.51. The third-order valence-corrected chi connectivity index (χ3v) is 12.3. The van der Waals surface area contributed by atoms with Crippen molar-refractivity contribution in [1.82, 2.24) is 0 Å². The second-order valence-corrected chi connectivity index (χ2v) is 28.8. The number of hydrogen-bond acceptors (Lipinski definition) is 0. The number of nitrogens with one attached hydrogen (secondary N) is 1. The van der Waals surface area contributed by atoms with E-state index in [1.54, 1.807) is 0 Å². The first-order chi connectivity index (χ1) is 9.33. The van der Waals surface area contributed by atoms with E-state index in [0.29, 0.717) is 6.54 Å². The predicted molar refractivity (Wildman–Crippen MR) is 120 cm³/mol. The standard InChI is InChI=1S/2C6H18NSi2.C3H8N.Co/c2*1-8(2,3)7-9(4,5)6;1-2-3-4;/h2*1-6H3;4H,2-3H2,1H3;/q3*-1;+3. The van der Waals surface area contributed by atoms with Gasteiger partial charge in [0.05, 0.1) is 0 Å². The molecular weight excluding hydrogens is 393 g/mol. The van der Waals surface area contributed by atoms with Crippen LogP contribution in [0.15, 0.2) is 0 Å². The Morgan fingerprint density at radius 1 is 0.565 bits per heavy atom. The first kappa shape index (κ1) is 32.0. The van der Waals surface area contributed by atoms with Gasteiger partial charge < -0.3 is 15.0 Å². The minimum absolute atomic E-state index is 0. The molecule has 144 valence electrons. The van der Waals surface area contributed by atoms with Crippen LogP contribution in [0.4, 0.5) is 0 Å². The van der Waals surface area contributed by atoms with Crippen LogP contribution in [-0.4, -0.2) is 39.5 Å². The van der Waals surface area contributed by atoms with Gasteiger partial charge in [0.15, 0.2) is 0 Å². The van der Waals surface area contributed by atoms with Gasteiger partial charge in [0.25, 0.3) is 0 Å². The Balaban J connectivity index is -0.000000124. The molecule has 0 amide bonds. The summed E-state index contributed by atoms with van der Waals surface area (Å²) in [5, 5.41) is 0. The molecule has 0 radical (unpaired) electrons. The van der Waals surface area contributed by atoms with Gasteiger partial charge in [0, 0.05) is 0 Å². The Morgan fingerprint density at radius 2 is 0.696 bits per heavy atom. The van der Waals surface area contributed by atoms with E-state index >= 15 is 0 Å². The van der Waals surface area contributed by atoms with Gasteiger partial charge in [0.2, 0.25) is 0 Å². The van der Waals surface area contributed by atoms with E-state index in [1.165, 1.54) is 0 Å². The Hall–Kier alpha value is 1.25. The van der Waals surface area contributed by atoms with E-state index in [9.17, 15) is 0 Å². The second-order valence-electron chi connectivity index (χ2n) is 9.66. The van der Waals surface area contributed by atoms with Crippen LogP contribution in [0, 0.1) is 0 Å². The maximum absolute atomic E-state index is 6.45. The molecule has 0 rings (SSSR count). The molecule has 8 heteroatoms. The number of hydrogen-bond donors (Lipinski definition) is 0. The van der Waals surface area contributed by atoms with Crippen LogP contribution >= 0.6 is 0 Å². The molecule has 0 heterocycles. The Bertz CT molecular complexity index is 212. The maximum Gasteiger partial charge on any atom is 3.00 e.